The first-order valence-electron chi connectivity index (χ1n) is 8.42. The maximum absolute atomic E-state index is 12.1. The van der Waals surface area contributed by atoms with Crippen LogP contribution < -0.4 is 32.7 Å². The number of halogens is 3. The minimum absolute atomic E-state index is 0. The highest BCUT2D eigenvalue weighted by atomic mass is 35.5. The molecule has 0 unspecified atom stereocenters. The summed E-state index contributed by atoms with van der Waals surface area (Å²) in [7, 11) is 0. The molecule has 2 aromatic carbocycles. The summed E-state index contributed by atoms with van der Waals surface area (Å²) in [5.74, 6) is 0.455. The first-order valence-corrected chi connectivity index (χ1v) is 9.18. The molecule has 148 valence electrons. The van der Waals surface area contributed by atoms with Crippen LogP contribution in [0.3, 0.4) is 0 Å². The number of rotatable bonds is 7. The number of carbonyl (C=O) groups is 1. The SMILES string of the molecule is CCN(CC)c1ccc(NC(=O)NCOc2ccc(Cl)cc2Cl)c(C)c1.[Cl-]. The highest BCUT2D eigenvalue weighted by Crippen LogP contribution is 2.27. The summed E-state index contributed by atoms with van der Waals surface area (Å²) in [5.41, 5.74) is 2.88. The number of hydrogen-bond acceptors (Lipinski definition) is 3. The van der Waals surface area contributed by atoms with Crippen molar-refractivity contribution in [2.45, 2.75) is 20.8 Å². The third-order valence-electron chi connectivity index (χ3n) is 3.94. The number of nitrogens with one attached hydrogen (secondary N) is 2. The second-order valence-electron chi connectivity index (χ2n) is 5.67. The molecule has 27 heavy (non-hydrogen) atoms. The zero-order chi connectivity index (χ0) is 19.1. The van der Waals surface area contributed by atoms with E-state index in [-0.39, 0.29) is 25.2 Å². The van der Waals surface area contributed by atoms with E-state index in [2.05, 4.69) is 35.4 Å². The Morgan fingerprint density at radius 2 is 1.81 bits per heavy atom. The Balaban J connectivity index is 0.00000364. The van der Waals surface area contributed by atoms with Crippen molar-refractivity contribution in [3.63, 3.8) is 0 Å². The predicted octanol–water partition coefficient (Wildman–Crippen LogP) is 2.31. The van der Waals surface area contributed by atoms with E-state index in [4.69, 9.17) is 27.9 Å². The number of benzene rings is 2. The van der Waals surface area contributed by atoms with Gasteiger partial charge in [-0.3, -0.25) is 0 Å². The van der Waals surface area contributed by atoms with E-state index < -0.39 is 0 Å². The minimum atomic E-state index is -0.353. The molecule has 0 aliphatic heterocycles. The molecule has 0 saturated heterocycles. The lowest BCUT2D eigenvalue weighted by Crippen LogP contribution is -3.00. The molecular weight excluding hydrogens is 409 g/mol. The molecule has 0 atom stereocenters. The predicted molar refractivity (Wildman–Crippen MR) is 109 cm³/mol. The van der Waals surface area contributed by atoms with Crippen molar-refractivity contribution in [2.24, 2.45) is 0 Å². The van der Waals surface area contributed by atoms with Crippen molar-refractivity contribution in [1.29, 1.82) is 0 Å². The van der Waals surface area contributed by atoms with Gasteiger partial charge >= 0.3 is 6.03 Å². The lowest BCUT2D eigenvalue weighted by Gasteiger charge is -2.22. The third-order valence-corrected chi connectivity index (χ3v) is 4.47. The molecule has 0 fully saturated rings. The number of anilines is 2. The molecule has 2 amide bonds. The van der Waals surface area contributed by atoms with Crippen molar-refractivity contribution in [1.82, 2.24) is 5.32 Å². The van der Waals surface area contributed by atoms with E-state index in [0.717, 1.165) is 30.0 Å². The van der Waals surface area contributed by atoms with Crippen LogP contribution in [0.5, 0.6) is 5.75 Å². The monoisotopic (exact) mass is 430 g/mol. The van der Waals surface area contributed by atoms with Crippen LogP contribution in [0.4, 0.5) is 16.2 Å². The van der Waals surface area contributed by atoms with Crippen LogP contribution in [0.15, 0.2) is 36.4 Å². The maximum atomic E-state index is 12.1. The van der Waals surface area contributed by atoms with Crippen molar-refractivity contribution in [3.8, 4) is 5.75 Å². The summed E-state index contributed by atoms with van der Waals surface area (Å²) in [6, 6.07) is 10.5. The lowest BCUT2D eigenvalue weighted by molar-refractivity contribution is -0.00000918. The van der Waals surface area contributed by atoms with Gasteiger partial charge < -0.3 is 32.7 Å². The van der Waals surface area contributed by atoms with Gasteiger partial charge in [0.25, 0.3) is 0 Å². The minimum Gasteiger partial charge on any atom is -1.00 e. The number of aryl methyl sites for hydroxylation is 1. The van der Waals surface area contributed by atoms with Crippen LogP contribution >= 0.6 is 23.2 Å². The van der Waals surface area contributed by atoms with Gasteiger partial charge in [-0.05, 0) is 62.7 Å². The van der Waals surface area contributed by atoms with Gasteiger partial charge in [-0.25, -0.2) is 4.79 Å². The fraction of sp³-hybridized carbons (Fsp3) is 0.316. The smallest absolute Gasteiger partial charge is 0.321 e. The summed E-state index contributed by atoms with van der Waals surface area (Å²) in [6.07, 6.45) is 0. The molecule has 2 rings (SSSR count). The fourth-order valence-corrected chi connectivity index (χ4v) is 2.97. The highest BCUT2D eigenvalue weighted by molar-refractivity contribution is 6.35. The Hall–Kier alpha value is -1.82. The largest absolute Gasteiger partial charge is 1.00 e. The summed E-state index contributed by atoms with van der Waals surface area (Å²) in [5, 5.41) is 6.37. The van der Waals surface area contributed by atoms with Gasteiger partial charge in [-0.15, -0.1) is 0 Å². The zero-order valence-electron chi connectivity index (χ0n) is 15.5. The van der Waals surface area contributed by atoms with Crippen LogP contribution in [0.1, 0.15) is 19.4 Å². The van der Waals surface area contributed by atoms with Crippen molar-refractivity contribution in [3.05, 3.63) is 52.0 Å². The van der Waals surface area contributed by atoms with Gasteiger partial charge in [-0.1, -0.05) is 23.2 Å². The van der Waals surface area contributed by atoms with E-state index in [1.165, 1.54) is 0 Å². The molecule has 0 aliphatic rings. The molecule has 0 spiro atoms. The van der Waals surface area contributed by atoms with Crippen LogP contribution in [-0.2, 0) is 0 Å². The van der Waals surface area contributed by atoms with Gasteiger partial charge in [0.05, 0.1) is 5.02 Å². The molecule has 0 aromatic heterocycles. The van der Waals surface area contributed by atoms with E-state index in [1.807, 2.05) is 19.1 Å². The van der Waals surface area contributed by atoms with Gasteiger partial charge in [0.15, 0.2) is 6.73 Å². The summed E-state index contributed by atoms with van der Waals surface area (Å²) in [6.45, 7) is 8.06. The number of urea groups is 1. The summed E-state index contributed by atoms with van der Waals surface area (Å²) in [4.78, 5) is 14.3. The quantitative estimate of drug-likeness (QED) is 0.662. The first kappa shape index (κ1) is 23.2. The lowest BCUT2D eigenvalue weighted by atomic mass is 10.1. The van der Waals surface area contributed by atoms with E-state index in [9.17, 15) is 4.79 Å². The van der Waals surface area contributed by atoms with Gasteiger partial charge in [0.1, 0.15) is 5.75 Å². The summed E-state index contributed by atoms with van der Waals surface area (Å²) < 4.78 is 5.44. The molecule has 8 heteroatoms. The molecule has 0 saturated carbocycles. The molecule has 5 nitrogen and oxygen atoms in total. The molecule has 0 bridgehead atoms. The van der Waals surface area contributed by atoms with Crippen LogP contribution in [0, 0.1) is 6.92 Å². The Morgan fingerprint density at radius 1 is 1.11 bits per heavy atom. The number of hydrogen-bond donors (Lipinski definition) is 2. The summed E-state index contributed by atoms with van der Waals surface area (Å²) >= 11 is 11.9. The van der Waals surface area contributed by atoms with Crippen molar-refractivity contribution in [2.75, 3.05) is 30.0 Å². The second kappa shape index (κ2) is 11.1. The van der Waals surface area contributed by atoms with Crippen molar-refractivity contribution >= 4 is 40.6 Å². The molecule has 2 aromatic rings. The van der Waals surface area contributed by atoms with E-state index in [0.29, 0.717) is 15.8 Å². The van der Waals surface area contributed by atoms with Crippen LogP contribution in [0.2, 0.25) is 10.0 Å². The molecule has 2 N–H and O–H groups in total. The van der Waals surface area contributed by atoms with Gasteiger partial charge in [0.2, 0.25) is 0 Å². The number of amides is 2. The standard InChI is InChI=1S/C19H23Cl2N3O2.ClH/c1-4-24(5-2)15-7-8-17(13(3)10-15)23-19(25)22-12-26-18-9-6-14(20)11-16(18)21;/h6-11H,4-5,12H2,1-3H3,(H2,22,23,25);1H/p-1. The molecule has 0 radical (unpaired) electrons. The Labute approximate surface area is 176 Å². The first-order chi connectivity index (χ1) is 12.4. The average Bonchev–Trinajstić information content (AvgIpc) is 2.60. The average molecular weight is 432 g/mol. The molecule has 0 heterocycles. The maximum Gasteiger partial charge on any atom is 0.321 e. The topological polar surface area (TPSA) is 53.6 Å². The fourth-order valence-electron chi connectivity index (χ4n) is 2.51. The number of ether oxygens (including phenoxy) is 1. The van der Waals surface area contributed by atoms with Crippen molar-refractivity contribution < 1.29 is 21.9 Å². The van der Waals surface area contributed by atoms with Gasteiger partial charge in [0, 0.05) is 29.5 Å². The van der Waals surface area contributed by atoms with Gasteiger partial charge in [-0.2, -0.15) is 0 Å². The van der Waals surface area contributed by atoms with Crippen LogP contribution in [-0.4, -0.2) is 25.9 Å². The Kier molecular flexibility index (Phi) is 9.56. The zero-order valence-corrected chi connectivity index (χ0v) is 17.8. The normalized spacial score (nSPS) is 9.96. The highest BCUT2D eigenvalue weighted by Gasteiger charge is 2.08. The number of nitrogens with zero attached hydrogens (tertiary/aromatic N) is 1. The molecule has 0 aliphatic carbocycles. The molecular formula is C19H23Cl3N3O2-. The van der Waals surface area contributed by atoms with E-state index in [1.54, 1.807) is 18.2 Å². The van der Waals surface area contributed by atoms with E-state index >= 15 is 0 Å². The third kappa shape index (κ3) is 6.69. The number of carbonyl (C=O) groups excluding carboxylic acids is 1. The van der Waals surface area contributed by atoms with Crippen LogP contribution in [0.25, 0.3) is 0 Å². The Bertz CT molecular complexity index is 768. The second-order valence-corrected chi connectivity index (χ2v) is 6.51. The Morgan fingerprint density at radius 3 is 2.41 bits per heavy atom.